The number of hydrogen-bond acceptors (Lipinski definition) is 5. The van der Waals surface area contributed by atoms with E-state index in [0.717, 1.165) is 54.5 Å². The quantitative estimate of drug-likeness (QED) is 0.514. The fraction of sp³-hybridized carbons (Fsp3) is 0.433. The first-order chi connectivity index (χ1) is 17.9. The van der Waals surface area contributed by atoms with Crippen molar-refractivity contribution in [2.24, 2.45) is 10.7 Å². The molecular weight excluding hydrogens is 464 g/mol. The smallest absolute Gasteiger partial charge is 0.251 e. The highest BCUT2D eigenvalue weighted by molar-refractivity contribution is 5.99. The van der Waals surface area contributed by atoms with Crippen molar-refractivity contribution in [3.8, 4) is 5.75 Å². The topological polar surface area (TPSA) is 97.0 Å². The summed E-state index contributed by atoms with van der Waals surface area (Å²) in [5.41, 5.74) is 9.59. The minimum Gasteiger partial charge on any atom is -0.487 e. The van der Waals surface area contributed by atoms with E-state index in [4.69, 9.17) is 10.5 Å². The van der Waals surface area contributed by atoms with Crippen LogP contribution in [0.2, 0.25) is 0 Å². The summed E-state index contributed by atoms with van der Waals surface area (Å²) in [5.74, 6) is 0.936. The van der Waals surface area contributed by atoms with Crippen LogP contribution in [-0.4, -0.2) is 34.3 Å². The summed E-state index contributed by atoms with van der Waals surface area (Å²) >= 11 is 0. The number of nitrogens with one attached hydrogen (secondary N) is 1. The third kappa shape index (κ3) is 4.99. The lowest BCUT2D eigenvalue weighted by Gasteiger charge is -2.34. The molecule has 4 aliphatic heterocycles. The molecule has 0 radical (unpaired) electrons. The molecule has 2 aromatic rings. The Kier molecular flexibility index (Phi) is 6.80. The van der Waals surface area contributed by atoms with Crippen molar-refractivity contribution in [1.82, 2.24) is 10.2 Å². The van der Waals surface area contributed by atoms with Gasteiger partial charge in [0.2, 0.25) is 5.91 Å². The normalized spacial score (nSPS) is 26.5. The zero-order valence-corrected chi connectivity index (χ0v) is 21.9. The number of aliphatic imine (C=N–C) groups is 1. The number of allylic oxidation sites excluding steroid dienone is 1. The summed E-state index contributed by atoms with van der Waals surface area (Å²) in [6.45, 7) is 5.92. The predicted molar refractivity (Wildman–Crippen MR) is 145 cm³/mol. The van der Waals surface area contributed by atoms with Gasteiger partial charge in [-0.2, -0.15) is 0 Å². The van der Waals surface area contributed by atoms with Crippen molar-refractivity contribution in [1.29, 1.82) is 0 Å². The fourth-order valence-electron chi connectivity index (χ4n) is 5.51. The number of nitrogens with zero attached hydrogens (tertiary/aromatic N) is 2. The summed E-state index contributed by atoms with van der Waals surface area (Å²) in [6, 6.07) is 13.1. The van der Waals surface area contributed by atoms with E-state index in [-0.39, 0.29) is 41.5 Å². The second-order valence-corrected chi connectivity index (χ2v) is 10.2. The number of fused-ring (bicyclic) bond motifs is 4. The molecule has 194 valence electrons. The van der Waals surface area contributed by atoms with Gasteiger partial charge in [0.1, 0.15) is 11.4 Å². The van der Waals surface area contributed by atoms with Crippen LogP contribution in [0.15, 0.2) is 53.5 Å². The van der Waals surface area contributed by atoms with Gasteiger partial charge in [-0.3, -0.25) is 14.5 Å². The molecule has 2 unspecified atom stereocenters. The molecule has 5 aliphatic rings. The van der Waals surface area contributed by atoms with E-state index in [2.05, 4.69) is 34.6 Å². The third-order valence-electron chi connectivity index (χ3n) is 7.66. The Balaban J connectivity index is 0.00000137. The second-order valence-electron chi connectivity index (χ2n) is 10.2. The van der Waals surface area contributed by atoms with Crippen LogP contribution in [0.1, 0.15) is 98.4 Å². The Morgan fingerprint density at radius 2 is 1.95 bits per heavy atom. The number of benzene rings is 2. The number of carbonyl (C=O) groups is 2. The molecule has 37 heavy (non-hydrogen) atoms. The van der Waals surface area contributed by atoms with Crippen LogP contribution >= 0.6 is 0 Å². The van der Waals surface area contributed by atoms with E-state index in [1.807, 2.05) is 51.1 Å². The molecule has 3 N–H and O–H groups in total. The van der Waals surface area contributed by atoms with Crippen molar-refractivity contribution in [3.05, 3.63) is 70.8 Å². The van der Waals surface area contributed by atoms with Gasteiger partial charge in [0, 0.05) is 24.0 Å². The number of carbonyl (C=O) groups excluding carboxylic acids is 2. The zero-order chi connectivity index (χ0) is 26.2. The molecule has 7 heteroatoms. The molecule has 2 amide bonds. The Labute approximate surface area is 218 Å². The van der Waals surface area contributed by atoms with Crippen LogP contribution in [-0.2, 0) is 4.79 Å². The molecular formula is C30H36N4O3. The van der Waals surface area contributed by atoms with E-state index >= 15 is 0 Å². The van der Waals surface area contributed by atoms with E-state index < -0.39 is 0 Å². The molecule has 1 saturated carbocycles. The van der Waals surface area contributed by atoms with E-state index in [0.29, 0.717) is 12.0 Å². The van der Waals surface area contributed by atoms with Gasteiger partial charge in [0.25, 0.3) is 5.91 Å². The zero-order valence-electron chi connectivity index (χ0n) is 21.9. The molecule has 1 aliphatic carbocycles. The summed E-state index contributed by atoms with van der Waals surface area (Å²) in [7, 11) is 0. The van der Waals surface area contributed by atoms with Crippen molar-refractivity contribution in [2.45, 2.75) is 83.0 Å². The lowest BCUT2D eigenvalue weighted by atomic mass is 9.92. The molecule has 3 atom stereocenters. The van der Waals surface area contributed by atoms with Crippen LogP contribution in [0.3, 0.4) is 0 Å². The number of amides is 2. The first kappa shape index (κ1) is 25.1. The average Bonchev–Trinajstić information content (AvgIpc) is 3.65. The van der Waals surface area contributed by atoms with Crippen molar-refractivity contribution < 1.29 is 14.3 Å². The van der Waals surface area contributed by atoms with Crippen LogP contribution in [0.25, 0.3) is 6.08 Å². The molecule has 0 saturated heterocycles. The maximum Gasteiger partial charge on any atom is 0.251 e. The highest BCUT2D eigenvalue weighted by atomic mass is 16.5. The summed E-state index contributed by atoms with van der Waals surface area (Å²) in [6.07, 6.45) is 8.88. The number of ether oxygens (including phenoxy) is 1. The maximum absolute atomic E-state index is 13.4. The van der Waals surface area contributed by atoms with Gasteiger partial charge in [-0.15, -0.1) is 0 Å². The Bertz CT molecular complexity index is 1260. The molecule has 0 aromatic heterocycles. The van der Waals surface area contributed by atoms with E-state index in [1.165, 1.54) is 0 Å². The van der Waals surface area contributed by atoms with Gasteiger partial charge >= 0.3 is 0 Å². The molecule has 1 fully saturated rings. The summed E-state index contributed by atoms with van der Waals surface area (Å²) in [4.78, 5) is 32.6. The van der Waals surface area contributed by atoms with Crippen molar-refractivity contribution in [3.63, 3.8) is 0 Å². The molecule has 6 bridgehead atoms. The Hall–Kier alpha value is -3.61. The third-order valence-corrected chi connectivity index (χ3v) is 7.66. The number of guanidine groups is 1. The van der Waals surface area contributed by atoms with E-state index in [9.17, 15) is 9.59 Å². The van der Waals surface area contributed by atoms with Crippen molar-refractivity contribution in [2.75, 3.05) is 0 Å². The van der Waals surface area contributed by atoms with Crippen LogP contribution in [0.4, 0.5) is 0 Å². The molecule has 4 heterocycles. The minimum absolute atomic E-state index is 0.0351. The van der Waals surface area contributed by atoms with Gasteiger partial charge in [0.15, 0.2) is 5.96 Å². The number of nitrogens with two attached hydrogens (primary N) is 1. The van der Waals surface area contributed by atoms with Crippen LogP contribution in [0.5, 0.6) is 5.75 Å². The Morgan fingerprint density at radius 3 is 2.70 bits per heavy atom. The number of rotatable bonds is 0. The maximum atomic E-state index is 13.4. The van der Waals surface area contributed by atoms with Crippen molar-refractivity contribution >= 4 is 23.8 Å². The SMILES string of the molecule is CC.C[C@@H]1c2cccc(c2)C(=O)NC2CC3(CC3)Oc3ccc(cc32)/C=C\CCC2CC(=O)N1C(N)=N2. The highest BCUT2D eigenvalue weighted by Crippen LogP contribution is 2.52. The monoisotopic (exact) mass is 500 g/mol. The molecule has 7 nitrogen and oxygen atoms in total. The minimum atomic E-state index is -0.320. The van der Waals surface area contributed by atoms with Gasteiger partial charge in [-0.1, -0.05) is 44.2 Å². The van der Waals surface area contributed by atoms with Gasteiger partial charge in [-0.05, 0) is 68.0 Å². The van der Waals surface area contributed by atoms with Crippen LogP contribution < -0.4 is 15.8 Å². The molecule has 1 spiro atoms. The summed E-state index contributed by atoms with van der Waals surface area (Å²) in [5, 5.41) is 3.27. The fourth-order valence-corrected chi connectivity index (χ4v) is 5.51. The van der Waals surface area contributed by atoms with Gasteiger partial charge < -0.3 is 15.8 Å². The highest BCUT2D eigenvalue weighted by Gasteiger charge is 2.51. The largest absolute Gasteiger partial charge is 0.487 e. The summed E-state index contributed by atoms with van der Waals surface area (Å²) < 4.78 is 6.33. The number of hydrogen-bond donors (Lipinski definition) is 2. The average molecular weight is 501 g/mol. The molecule has 2 aromatic carbocycles. The van der Waals surface area contributed by atoms with Gasteiger partial charge in [0.05, 0.1) is 18.1 Å². The predicted octanol–water partition coefficient (Wildman–Crippen LogP) is 5.28. The van der Waals surface area contributed by atoms with Crippen LogP contribution in [0, 0.1) is 0 Å². The lowest BCUT2D eigenvalue weighted by molar-refractivity contribution is -0.130. The standard InChI is InChI=1S/C28H30N4O3.C2H6/c1-17-19-6-4-7-20(14-19)26(34)31-23-16-28(11-12-28)35-24-10-9-18(13-22(23)24)5-2-3-8-21-15-25(33)32(17)27(29)30-21;1-2/h2,4-7,9-10,13-14,17,21,23H,3,8,11-12,15-16H2,1H3,(H2,29,30)(H,31,34);1-2H3/b5-2-;/t17-,21?,23?;/m1./s1. The Morgan fingerprint density at radius 1 is 1.14 bits per heavy atom. The first-order valence-corrected chi connectivity index (χ1v) is 13.5. The second kappa shape index (κ2) is 10.0. The first-order valence-electron chi connectivity index (χ1n) is 13.5. The van der Waals surface area contributed by atoms with E-state index in [1.54, 1.807) is 4.90 Å². The lowest BCUT2D eigenvalue weighted by Crippen LogP contribution is -2.48. The molecule has 7 rings (SSSR count). The van der Waals surface area contributed by atoms with Gasteiger partial charge in [-0.25, -0.2) is 4.99 Å².